The van der Waals surface area contributed by atoms with Crippen molar-refractivity contribution in [1.29, 1.82) is 0 Å². The Morgan fingerprint density at radius 1 is 0.727 bits per heavy atom. The minimum atomic E-state index is 0.598. The molecule has 158 valence electrons. The molecule has 0 aliphatic carbocycles. The van der Waals surface area contributed by atoms with Crippen molar-refractivity contribution in [3.05, 3.63) is 109 Å². The second kappa shape index (κ2) is 8.16. The summed E-state index contributed by atoms with van der Waals surface area (Å²) in [6.07, 6.45) is 7.56. The van der Waals surface area contributed by atoms with Crippen LogP contribution in [0.25, 0.3) is 38.9 Å². The topological polar surface area (TPSA) is 68.0 Å². The Hall–Kier alpha value is -4.58. The highest BCUT2D eigenvalue weighted by Gasteiger charge is 2.09. The molecule has 33 heavy (non-hydrogen) atoms. The van der Waals surface area contributed by atoms with E-state index >= 15 is 0 Å². The van der Waals surface area contributed by atoms with Gasteiger partial charge in [-0.05, 0) is 47.5 Å². The molecule has 6 rings (SSSR count). The molecular formula is C27H20N6. The lowest BCUT2D eigenvalue weighted by atomic mass is 10.1. The van der Waals surface area contributed by atoms with Gasteiger partial charge in [0.15, 0.2) is 0 Å². The van der Waals surface area contributed by atoms with E-state index in [1.807, 2.05) is 48.5 Å². The quantitative estimate of drug-likeness (QED) is 0.386. The highest BCUT2D eigenvalue weighted by Crippen LogP contribution is 2.28. The summed E-state index contributed by atoms with van der Waals surface area (Å²) in [4.78, 5) is 18.1. The Labute approximate surface area is 190 Å². The first-order valence-electron chi connectivity index (χ1n) is 10.8. The number of hydrogen-bond acceptors (Lipinski definition) is 5. The van der Waals surface area contributed by atoms with Crippen molar-refractivity contribution in [2.75, 3.05) is 5.32 Å². The largest absolute Gasteiger partial charge is 0.364 e. The zero-order chi connectivity index (χ0) is 22.0. The third kappa shape index (κ3) is 3.78. The molecule has 6 nitrogen and oxygen atoms in total. The van der Waals surface area contributed by atoms with Crippen molar-refractivity contribution in [1.82, 2.24) is 24.3 Å². The minimum Gasteiger partial charge on any atom is -0.364 e. The molecule has 6 heteroatoms. The molecule has 0 bridgehead atoms. The number of hydrogen-bond donors (Lipinski definition) is 1. The summed E-state index contributed by atoms with van der Waals surface area (Å²) in [6.45, 7) is 0.598. The predicted octanol–water partition coefficient (Wildman–Crippen LogP) is 5.62. The Kier molecular flexibility index (Phi) is 4.73. The first kappa shape index (κ1) is 19.1. The molecule has 4 heterocycles. The summed E-state index contributed by atoms with van der Waals surface area (Å²) in [7, 11) is 0. The summed E-state index contributed by atoms with van der Waals surface area (Å²) in [5.74, 6) is 0.794. The fraction of sp³-hybridized carbons (Fsp3) is 0.0370. The van der Waals surface area contributed by atoms with Crippen LogP contribution < -0.4 is 5.32 Å². The molecule has 0 aliphatic heterocycles. The van der Waals surface area contributed by atoms with Crippen LogP contribution in [-0.2, 0) is 6.54 Å². The number of rotatable bonds is 5. The summed E-state index contributed by atoms with van der Waals surface area (Å²) in [5, 5.41) is 4.38. The number of pyridine rings is 2. The van der Waals surface area contributed by atoms with E-state index in [-0.39, 0.29) is 0 Å². The minimum absolute atomic E-state index is 0.598. The van der Waals surface area contributed by atoms with Gasteiger partial charge in [0, 0.05) is 29.5 Å². The van der Waals surface area contributed by atoms with E-state index < -0.39 is 0 Å². The maximum absolute atomic E-state index is 4.76. The van der Waals surface area contributed by atoms with Gasteiger partial charge < -0.3 is 9.72 Å². The zero-order valence-corrected chi connectivity index (χ0v) is 17.8. The molecule has 0 fully saturated rings. The van der Waals surface area contributed by atoms with Gasteiger partial charge in [-0.15, -0.1) is 0 Å². The third-order valence-electron chi connectivity index (χ3n) is 5.65. The Morgan fingerprint density at radius 3 is 2.48 bits per heavy atom. The second-order valence-electron chi connectivity index (χ2n) is 7.80. The second-order valence-corrected chi connectivity index (χ2v) is 7.80. The summed E-state index contributed by atoms with van der Waals surface area (Å²) in [5.41, 5.74) is 7.03. The molecule has 0 atom stereocenters. The molecule has 6 aromatic rings. The SMILES string of the molecule is c1ccc(-c2cn3cc(-c4ccc5ncnc(NCc6ccccn6)c5c4)ccc3n2)cc1. The fourth-order valence-electron chi connectivity index (χ4n) is 3.96. The van der Waals surface area contributed by atoms with E-state index in [0.29, 0.717) is 6.54 Å². The fourth-order valence-corrected chi connectivity index (χ4v) is 3.96. The number of imidazole rings is 1. The molecule has 0 aliphatic rings. The third-order valence-corrected chi connectivity index (χ3v) is 5.65. The lowest BCUT2D eigenvalue weighted by Gasteiger charge is -2.10. The van der Waals surface area contributed by atoms with Crippen molar-refractivity contribution in [2.45, 2.75) is 6.54 Å². The summed E-state index contributed by atoms with van der Waals surface area (Å²) < 4.78 is 2.07. The van der Waals surface area contributed by atoms with Crippen molar-refractivity contribution in [3.63, 3.8) is 0 Å². The molecule has 0 amide bonds. The Bertz CT molecular complexity index is 1560. The smallest absolute Gasteiger partial charge is 0.137 e. The molecule has 0 unspecified atom stereocenters. The molecule has 0 spiro atoms. The van der Waals surface area contributed by atoms with Gasteiger partial charge in [-0.1, -0.05) is 42.5 Å². The number of nitrogens with zero attached hydrogens (tertiary/aromatic N) is 5. The van der Waals surface area contributed by atoms with E-state index in [0.717, 1.165) is 50.4 Å². The summed E-state index contributed by atoms with van der Waals surface area (Å²) in [6, 6.07) is 26.5. The zero-order valence-electron chi connectivity index (χ0n) is 17.8. The lowest BCUT2D eigenvalue weighted by molar-refractivity contribution is 1.03. The van der Waals surface area contributed by atoms with Gasteiger partial charge in [-0.25, -0.2) is 15.0 Å². The highest BCUT2D eigenvalue weighted by atomic mass is 15.0. The first-order valence-corrected chi connectivity index (χ1v) is 10.8. The molecule has 0 radical (unpaired) electrons. The Morgan fingerprint density at radius 2 is 1.61 bits per heavy atom. The van der Waals surface area contributed by atoms with E-state index in [9.17, 15) is 0 Å². The molecule has 1 N–H and O–H groups in total. The van der Waals surface area contributed by atoms with E-state index in [2.05, 4.69) is 67.4 Å². The van der Waals surface area contributed by atoms with Crippen LogP contribution in [0.15, 0.2) is 104 Å². The highest BCUT2D eigenvalue weighted by molar-refractivity contribution is 5.92. The van der Waals surface area contributed by atoms with E-state index in [1.165, 1.54) is 0 Å². The molecule has 0 saturated heterocycles. The molecular weight excluding hydrogens is 408 g/mol. The maximum atomic E-state index is 4.76. The number of fused-ring (bicyclic) bond motifs is 2. The molecule has 4 aromatic heterocycles. The maximum Gasteiger partial charge on any atom is 0.137 e. The molecule has 0 saturated carbocycles. The lowest BCUT2D eigenvalue weighted by Crippen LogP contribution is -2.04. The van der Waals surface area contributed by atoms with E-state index in [4.69, 9.17) is 4.98 Å². The van der Waals surface area contributed by atoms with Crippen LogP contribution in [0.4, 0.5) is 5.82 Å². The van der Waals surface area contributed by atoms with E-state index in [1.54, 1.807) is 12.5 Å². The first-order chi connectivity index (χ1) is 16.3. The monoisotopic (exact) mass is 428 g/mol. The van der Waals surface area contributed by atoms with Gasteiger partial charge in [-0.2, -0.15) is 0 Å². The van der Waals surface area contributed by atoms with Crippen molar-refractivity contribution in [3.8, 4) is 22.4 Å². The normalized spacial score (nSPS) is 11.2. The number of nitrogens with one attached hydrogen (secondary N) is 1. The van der Waals surface area contributed by atoms with Crippen LogP contribution >= 0.6 is 0 Å². The average molecular weight is 428 g/mol. The molecule has 2 aromatic carbocycles. The van der Waals surface area contributed by atoms with Gasteiger partial charge in [0.2, 0.25) is 0 Å². The van der Waals surface area contributed by atoms with Gasteiger partial charge in [0.05, 0.1) is 23.4 Å². The van der Waals surface area contributed by atoms with Gasteiger partial charge >= 0.3 is 0 Å². The van der Waals surface area contributed by atoms with Gasteiger partial charge in [0.25, 0.3) is 0 Å². The summed E-state index contributed by atoms with van der Waals surface area (Å²) >= 11 is 0. The Balaban J connectivity index is 1.36. The van der Waals surface area contributed by atoms with Crippen LogP contribution in [0.3, 0.4) is 0 Å². The average Bonchev–Trinajstić information content (AvgIpc) is 3.32. The predicted molar refractivity (Wildman–Crippen MR) is 131 cm³/mol. The van der Waals surface area contributed by atoms with Crippen LogP contribution in [0.2, 0.25) is 0 Å². The van der Waals surface area contributed by atoms with Crippen LogP contribution in [0.1, 0.15) is 5.69 Å². The van der Waals surface area contributed by atoms with Gasteiger partial charge in [-0.3, -0.25) is 4.98 Å². The van der Waals surface area contributed by atoms with Crippen LogP contribution in [0, 0.1) is 0 Å². The number of anilines is 1. The van der Waals surface area contributed by atoms with Gasteiger partial charge in [0.1, 0.15) is 17.8 Å². The number of benzene rings is 2. The van der Waals surface area contributed by atoms with Crippen molar-refractivity contribution in [2.24, 2.45) is 0 Å². The van der Waals surface area contributed by atoms with Crippen LogP contribution in [0.5, 0.6) is 0 Å². The van der Waals surface area contributed by atoms with Crippen LogP contribution in [-0.4, -0.2) is 24.3 Å². The van der Waals surface area contributed by atoms with Crippen molar-refractivity contribution < 1.29 is 0 Å². The van der Waals surface area contributed by atoms with Crippen molar-refractivity contribution >= 4 is 22.4 Å². The standard InChI is InChI=1S/C27H20N6/c1-2-6-19(7-3-1)25-17-33-16-21(10-12-26(33)32-25)20-9-11-24-23(14-20)27(31-18-30-24)29-15-22-8-4-5-13-28-22/h1-14,16-18H,15H2,(H,29,30,31). The number of aromatic nitrogens is 5.